The first-order valence-corrected chi connectivity index (χ1v) is 10.1. The largest absolute Gasteiger partial charge is 0.489 e. The Labute approximate surface area is 169 Å². The van der Waals surface area contributed by atoms with Crippen LogP contribution >= 0.6 is 11.6 Å². The summed E-state index contributed by atoms with van der Waals surface area (Å²) in [5.41, 5.74) is 7.32. The van der Waals surface area contributed by atoms with E-state index >= 15 is 0 Å². The summed E-state index contributed by atoms with van der Waals surface area (Å²) in [5, 5.41) is 0.737. The number of rotatable bonds is 6. The topological polar surface area (TPSA) is 55.6 Å². The lowest BCUT2D eigenvalue weighted by Gasteiger charge is -2.33. The van der Waals surface area contributed by atoms with E-state index in [0.717, 1.165) is 55.9 Å². The van der Waals surface area contributed by atoms with Crippen LogP contribution in [0.2, 0.25) is 5.02 Å². The van der Waals surface area contributed by atoms with Crippen molar-refractivity contribution in [2.45, 2.75) is 44.2 Å². The predicted octanol–water partition coefficient (Wildman–Crippen LogP) is 4.50. The number of primary amides is 1. The first-order valence-electron chi connectivity index (χ1n) is 9.76. The lowest BCUT2D eigenvalue weighted by molar-refractivity contribution is 0.0832. The van der Waals surface area contributed by atoms with Gasteiger partial charge in [-0.05, 0) is 67.5 Å². The Hall–Kier alpha value is -2.11. The fraction of sp³-hybridized carbons (Fsp3) is 0.409. The molecule has 4 nitrogen and oxygen atoms in total. The molecule has 0 bridgehead atoms. The molecule has 0 aromatic heterocycles. The molecular weight excluding hydrogens is 379 g/mol. The van der Waals surface area contributed by atoms with Crippen molar-refractivity contribution in [2.75, 3.05) is 13.1 Å². The summed E-state index contributed by atoms with van der Waals surface area (Å²) in [5.74, 6) is -0.464. The highest BCUT2D eigenvalue weighted by Gasteiger charge is 2.31. The Bertz CT molecular complexity index is 885. The Kier molecular flexibility index (Phi) is 5.56. The molecule has 1 aliphatic carbocycles. The van der Waals surface area contributed by atoms with Crippen molar-refractivity contribution >= 4 is 17.5 Å². The van der Waals surface area contributed by atoms with E-state index in [1.807, 2.05) is 18.2 Å². The van der Waals surface area contributed by atoms with Crippen molar-refractivity contribution in [2.24, 2.45) is 5.73 Å². The third-order valence-corrected chi connectivity index (χ3v) is 5.67. The van der Waals surface area contributed by atoms with Gasteiger partial charge in [0.15, 0.2) is 0 Å². The van der Waals surface area contributed by atoms with Crippen LogP contribution in [0.25, 0.3) is 0 Å². The summed E-state index contributed by atoms with van der Waals surface area (Å²) in [6.45, 7) is 2.58. The predicted molar refractivity (Wildman–Crippen MR) is 107 cm³/mol. The molecule has 2 aromatic rings. The molecule has 2 N–H and O–H groups in total. The van der Waals surface area contributed by atoms with E-state index in [1.165, 1.54) is 11.6 Å². The number of ether oxygens (including phenoxy) is 1. The lowest BCUT2D eigenvalue weighted by atomic mass is 10.0. The SMILES string of the molecule is NC(=O)c1cc(C2CC2)c(O[C@@H]2CCCN(Cc3cccc(Cl)c3)C2)cc1F. The summed E-state index contributed by atoms with van der Waals surface area (Å²) >= 11 is 6.09. The van der Waals surface area contributed by atoms with Crippen LogP contribution in [0.3, 0.4) is 0 Å². The van der Waals surface area contributed by atoms with Crippen LogP contribution in [0.5, 0.6) is 5.75 Å². The molecule has 0 unspecified atom stereocenters. The zero-order chi connectivity index (χ0) is 19.7. The molecule has 1 heterocycles. The third-order valence-electron chi connectivity index (χ3n) is 5.43. The summed E-state index contributed by atoms with van der Waals surface area (Å²) in [6, 6.07) is 10.8. The molecule has 4 rings (SSSR count). The second-order valence-electron chi connectivity index (χ2n) is 7.76. The first kappa shape index (κ1) is 19.2. The third kappa shape index (κ3) is 4.47. The number of piperidine rings is 1. The molecule has 0 radical (unpaired) electrons. The van der Waals surface area contributed by atoms with E-state index < -0.39 is 11.7 Å². The van der Waals surface area contributed by atoms with E-state index in [9.17, 15) is 9.18 Å². The minimum absolute atomic E-state index is 0.00994. The fourth-order valence-electron chi connectivity index (χ4n) is 3.90. The minimum atomic E-state index is -0.740. The van der Waals surface area contributed by atoms with Crippen molar-refractivity contribution in [1.82, 2.24) is 4.90 Å². The average molecular weight is 403 g/mol. The van der Waals surface area contributed by atoms with Crippen molar-refractivity contribution in [1.29, 1.82) is 0 Å². The van der Waals surface area contributed by atoms with Crippen LogP contribution in [0.4, 0.5) is 4.39 Å². The molecule has 1 saturated carbocycles. The molecule has 28 heavy (non-hydrogen) atoms. The van der Waals surface area contributed by atoms with Gasteiger partial charge in [-0.1, -0.05) is 23.7 Å². The fourth-order valence-corrected chi connectivity index (χ4v) is 4.11. The van der Waals surface area contributed by atoms with E-state index in [0.29, 0.717) is 11.7 Å². The second-order valence-corrected chi connectivity index (χ2v) is 8.19. The Morgan fingerprint density at radius 1 is 1.25 bits per heavy atom. The van der Waals surface area contributed by atoms with E-state index in [1.54, 1.807) is 6.07 Å². The number of carbonyl (C=O) groups excluding carboxylic acids is 1. The Balaban J connectivity index is 1.48. The molecule has 148 valence electrons. The first-order chi connectivity index (χ1) is 13.5. The smallest absolute Gasteiger partial charge is 0.251 e. The van der Waals surface area contributed by atoms with Crippen LogP contribution in [0, 0.1) is 5.82 Å². The van der Waals surface area contributed by atoms with Gasteiger partial charge in [0.05, 0.1) is 5.56 Å². The highest BCUT2D eigenvalue weighted by molar-refractivity contribution is 6.30. The van der Waals surface area contributed by atoms with Crippen molar-refractivity contribution < 1.29 is 13.9 Å². The quantitative estimate of drug-likeness (QED) is 0.774. The zero-order valence-electron chi connectivity index (χ0n) is 15.7. The van der Waals surface area contributed by atoms with Crippen LogP contribution in [0.15, 0.2) is 36.4 Å². The van der Waals surface area contributed by atoms with E-state index in [4.69, 9.17) is 22.1 Å². The molecule has 0 spiro atoms. The van der Waals surface area contributed by atoms with Gasteiger partial charge in [0.25, 0.3) is 5.91 Å². The number of nitrogens with zero attached hydrogens (tertiary/aromatic N) is 1. The molecular formula is C22H24ClFN2O2. The molecule has 2 fully saturated rings. The standard InChI is InChI=1S/C22H24ClFN2O2/c23-16-4-1-3-14(9-16)12-26-8-2-5-17(13-26)28-21-11-20(24)19(22(25)27)10-18(21)15-6-7-15/h1,3-4,9-11,15,17H,2,5-8,12-13H2,(H2,25,27)/t17-/m1/s1. The van der Waals surface area contributed by atoms with E-state index in [2.05, 4.69) is 11.0 Å². The van der Waals surface area contributed by atoms with Crippen molar-refractivity contribution in [3.8, 4) is 5.75 Å². The van der Waals surface area contributed by atoms with Gasteiger partial charge in [-0.15, -0.1) is 0 Å². The highest BCUT2D eigenvalue weighted by atomic mass is 35.5. The average Bonchev–Trinajstić information content (AvgIpc) is 3.47. The number of hydrogen-bond donors (Lipinski definition) is 1. The molecule has 1 saturated heterocycles. The number of likely N-dealkylation sites (tertiary alicyclic amines) is 1. The summed E-state index contributed by atoms with van der Waals surface area (Å²) < 4.78 is 20.6. The molecule has 1 atom stereocenters. The number of benzene rings is 2. The number of amides is 1. The number of hydrogen-bond acceptors (Lipinski definition) is 3. The van der Waals surface area contributed by atoms with Crippen LogP contribution < -0.4 is 10.5 Å². The normalized spacial score (nSPS) is 20.1. The Morgan fingerprint density at radius 3 is 2.79 bits per heavy atom. The van der Waals surface area contributed by atoms with Crippen molar-refractivity contribution in [3.63, 3.8) is 0 Å². The maximum atomic E-state index is 14.3. The minimum Gasteiger partial charge on any atom is -0.489 e. The monoisotopic (exact) mass is 402 g/mol. The highest BCUT2D eigenvalue weighted by Crippen LogP contribution is 2.45. The number of halogens is 2. The Morgan fingerprint density at radius 2 is 2.07 bits per heavy atom. The van der Waals surface area contributed by atoms with Gasteiger partial charge >= 0.3 is 0 Å². The van der Waals surface area contributed by atoms with Gasteiger partial charge in [0.2, 0.25) is 0 Å². The maximum absolute atomic E-state index is 14.3. The summed E-state index contributed by atoms with van der Waals surface area (Å²) in [4.78, 5) is 13.8. The van der Waals surface area contributed by atoms with Gasteiger partial charge in [0.1, 0.15) is 17.7 Å². The summed E-state index contributed by atoms with van der Waals surface area (Å²) in [6.07, 6.45) is 4.00. The molecule has 2 aliphatic rings. The lowest BCUT2D eigenvalue weighted by Crippen LogP contribution is -2.40. The van der Waals surface area contributed by atoms with Gasteiger partial charge in [-0.3, -0.25) is 9.69 Å². The van der Waals surface area contributed by atoms with Gasteiger partial charge in [0, 0.05) is 24.2 Å². The number of nitrogens with two attached hydrogens (primary N) is 1. The van der Waals surface area contributed by atoms with Gasteiger partial charge < -0.3 is 10.5 Å². The molecule has 6 heteroatoms. The van der Waals surface area contributed by atoms with Crippen LogP contribution in [-0.4, -0.2) is 30.0 Å². The molecule has 1 aliphatic heterocycles. The number of carbonyl (C=O) groups is 1. The molecule has 2 aromatic carbocycles. The maximum Gasteiger partial charge on any atom is 0.251 e. The molecule has 1 amide bonds. The van der Waals surface area contributed by atoms with E-state index in [-0.39, 0.29) is 11.7 Å². The van der Waals surface area contributed by atoms with Crippen LogP contribution in [-0.2, 0) is 6.54 Å². The van der Waals surface area contributed by atoms with Crippen LogP contribution in [0.1, 0.15) is 53.1 Å². The zero-order valence-corrected chi connectivity index (χ0v) is 16.4. The summed E-state index contributed by atoms with van der Waals surface area (Å²) in [7, 11) is 0. The van der Waals surface area contributed by atoms with Gasteiger partial charge in [-0.25, -0.2) is 4.39 Å². The van der Waals surface area contributed by atoms with Gasteiger partial charge in [-0.2, -0.15) is 0 Å². The second kappa shape index (κ2) is 8.10. The van der Waals surface area contributed by atoms with Crippen molar-refractivity contribution in [3.05, 3.63) is 63.9 Å².